The lowest BCUT2D eigenvalue weighted by Gasteiger charge is -2.34. The Bertz CT molecular complexity index is 502. The molecule has 0 saturated carbocycles. The van der Waals surface area contributed by atoms with Gasteiger partial charge < -0.3 is 14.5 Å². The van der Waals surface area contributed by atoms with Gasteiger partial charge in [0.1, 0.15) is 6.04 Å². The Kier molecular flexibility index (Phi) is 7.59. The molecule has 1 unspecified atom stereocenters. The molecule has 0 radical (unpaired) electrons. The first kappa shape index (κ1) is 19.0. The number of carbonyl (C=O) groups is 2. The molecule has 0 aliphatic heterocycles. The molecule has 0 spiro atoms. The zero-order valence-corrected chi connectivity index (χ0v) is 14.8. The van der Waals surface area contributed by atoms with E-state index in [-0.39, 0.29) is 18.0 Å². The van der Waals surface area contributed by atoms with Gasteiger partial charge in [-0.1, -0.05) is 30.3 Å². The highest BCUT2D eigenvalue weighted by molar-refractivity contribution is 5.84. The number of benzene rings is 1. The van der Waals surface area contributed by atoms with Gasteiger partial charge in [0, 0.05) is 26.1 Å². The number of amides is 2. The van der Waals surface area contributed by atoms with Crippen molar-refractivity contribution in [3.8, 4) is 0 Å². The molecule has 0 N–H and O–H groups in total. The van der Waals surface area contributed by atoms with Crippen molar-refractivity contribution in [2.75, 3.05) is 20.2 Å². The van der Waals surface area contributed by atoms with Gasteiger partial charge >= 0.3 is 12.0 Å². The maximum atomic E-state index is 12.7. The molecule has 0 saturated heterocycles. The number of rotatable bonds is 7. The third kappa shape index (κ3) is 5.27. The van der Waals surface area contributed by atoms with Crippen molar-refractivity contribution in [1.82, 2.24) is 9.80 Å². The predicted molar refractivity (Wildman–Crippen MR) is 91.2 cm³/mol. The van der Waals surface area contributed by atoms with E-state index in [2.05, 4.69) is 0 Å². The maximum absolute atomic E-state index is 12.7. The van der Waals surface area contributed by atoms with E-state index >= 15 is 0 Å². The molecule has 0 bridgehead atoms. The third-order valence-corrected chi connectivity index (χ3v) is 3.81. The van der Waals surface area contributed by atoms with Crippen LogP contribution in [-0.4, -0.2) is 54.1 Å². The number of hydrogen-bond donors (Lipinski definition) is 0. The SMILES string of the molecule is CCOC(=O)C(Cc1ccccc1)N(C)C(=O)N(CC)C(C)C. The molecule has 0 aromatic heterocycles. The van der Waals surface area contributed by atoms with Gasteiger partial charge in [-0.05, 0) is 33.3 Å². The molecule has 5 heteroatoms. The van der Waals surface area contributed by atoms with Crippen molar-refractivity contribution >= 4 is 12.0 Å². The highest BCUT2D eigenvalue weighted by Crippen LogP contribution is 2.13. The quantitative estimate of drug-likeness (QED) is 0.726. The molecule has 1 aromatic carbocycles. The Morgan fingerprint density at radius 2 is 1.74 bits per heavy atom. The second-order valence-electron chi connectivity index (χ2n) is 5.73. The Morgan fingerprint density at radius 3 is 2.22 bits per heavy atom. The van der Waals surface area contributed by atoms with Crippen LogP contribution in [0.1, 0.15) is 33.3 Å². The number of hydrogen-bond acceptors (Lipinski definition) is 3. The summed E-state index contributed by atoms with van der Waals surface area (Å²) < 4.78 is 5.17. The van der Waals surface area contributed by atoms with E-state index < -0.39 is 6.04 Å². The summed E-state index contributed by atoms with van der Waals surface area (Å²) in [4.78, 5) is 28.3. The minimum absolute atomic E-state index is 0.0783. The van der Waals surface area contributed by atoms with Crippen molar-refractivity contribution in [1.29, 1.82) is 0 Å². The van der Waals surface area contributed by atoms with Crippen molar-refractivity contribution in [3.63, 3.8) is 0 Å². The van der Waals surface area contributed by atoms with Crippen LogP contribution in [0.5, 0.6) is 0 Å². The molecule has 0 heterocycles. The number of carbonyl (C=O) groups excluding carboxylic acids is 2. The highest BCUT2D eigenvalue weighted by Gasteiger charge is 2.31. The van der Waals surface area contributed by atoms with Crippen LogP contribution in [-0.2, 0) is 16.0 Å². The Hall–Kier alpha value is -2.04. The highest BCUT2D eigenvalue weighted by atomic mass is 16.5. The summed E-state index contributed by atoms with van der Waals surface area (Å²) in [6.07, 6.45) is 0.442. The number of esters is 1. The summed E-state index contributed by atoms with van der Waals surface area (Å²) in [5.74, 6) is -0.369. The van der Waals surface area contributed by atoms with Crippen LogP contribution in [0.25, 0.3) is 0 Å². The lowest BCUT2D eigenvalue weighted by molar-refractivity contribution is -0.148. The molecule has 2 amide bonds. The molecule has 1 atom stereocenters. The summed E-state index contributed by atoms with van der Waals surface area (Å²) >= 11 is 0. The van der Waals surface area contributed by atoms with E-state index in [4.69, 9.17) is 4.74 Å². The largest absolute Gasteiger partial charge is 0.464 e. The molecule has 23 heavy (non-hydrogen) atoms. The Balaban J connectivity index is 2.98. The van der Waals surface area contributed by atoms with Crippen LogP contribution in [0.2, 0.25) is 0 Å². The molecule has 1 aromatic rings. The summed E-state index contributed by atoms with van der Waals surface area (Å²) in [6, 6.07) is 8.96. The Labute approximate surface area is 139 Å². The van der Waals surface area contributed by atoms with Gasteiger partial charge in [-0.15, -0.1) is 0 Å². The van der Waals surface area contributed by atoms with Crippen molar-refractivity contribution in [3.05, 3.63) is 35.9 Å². The van der Waals surface area contributed by atoms with Crippen LogP contribution in [0, 0.1) is 0 Å². The lowest BCUT2D eigenvalue weighted by atomic mass is 10.1. The molecule has 1 rings (SSSR count). The zero-order valence-electron chi connectivity index (χ0n) is 14.8. The van der Waals surface area contributed by atoms with Crippen LogP contribution in [0.4, 0.5) is 4.79 Å². The zero-order chi connectivity index (χ0) is 17.4. The van der Waals surface area contributed by atoms with Gasteiger partial charge in [0.2, 0.25) is 0 Å². The number of likely N-dealkylation sites (N-methyl/N-ethyl adjacent to an activating group) is 1. The van der Waals surface area contributed by atoms with E-state index in [1.807, 2.05) is 51.1 Å². The van der Waals surface area contributed by atoms with Crippen molar-refractivity contribution in [2.45, 2.75) is 46.2 Å². The van der Waals surface area contributed by atoms with Gasteiger partial charge in [0.05, 0.1) is 6.61 Å². The minimum atomic E-state index is -0.627. The lowest BCUT2D eigenvalue weighted by Crippen LogP contribution is -2.52. The van der Waals surface area contributed by atoms with Crippen LogP contribution in [0.15, 0.2) is 30.3 Å². The van der Waals surface area contributed by atoms with Crippen molar-refractivity contribution in [2.24, 2.45) is 0 Å². The van der Waals surface area contributed by atoms with E-state index in [1.165, 1.54) is 4.90 Å². The first-order chi connectivity index (χ1) is 10.9. The van der Waals surface area contributed by atoms with Gasteiger partial charge in [-0.3, -0.25) is 0 Å². The molecule has 5 nitrogen and oxygen atoms in total. The molecule has 0 fully saturated rings. The second-order valence-corrected chi connectivity index (χ2v) is 5.73. The third-order valence-electron chi connectivity index (χ3n) is 3.81. The predicted octanol–water partition coefficient (Wildman–Crippen LogP) is 2.94. The second kappa shape index (κ2) is 9.18. The monoisotopic (exact) mass is 320 g/mol. The fourth-order valence-electron chi connectivity index (χ4n) is 2.51. The van der Waals surface area contributed by atoms with E-state index in [1.54, 1.807) is 18.9 Å². The molecule has 0 aliphatic carbocycles. The minimum Gasteiger partial charge on any atom is -0.464 e. The first-order valence-electron chi connectivity index (χ1n) is 8.16. The van der Waals surface area contributed by atoms with E-state index in [0.29, 0.717) is 19.6 Å². The normalized spacial score (nSPS) is 11.9. The molecular weight excluding hydrogens is 292 g/mol. The molecular formula is C18H28N2O3. The summed E-state index contributed by atoms with van der Waals surface area (Å²) in [5.41, 5.74) is 0.998. The van der Waals surface area contributed by atoms with Gasteiger partial charge in [0.25, 0.3) is 0 Å². The fraction of sp³-hybridized carbons (Fsp3) is 0.556. The average molecular weight is 320 g/mol. The molecule has 128 valence electrons. The van der Waals surface area contributed by atoms with Gasteiger partial charge in [-0.25, -0.2) is 9.59 Å². The number of nitrogens with zero attached hydrogens (tertiary/aromatic N) is 2. The average Bonchev–Trinajstić information content (AvgIpc) is 2.53. The van der Waals surface area contributed by atoms with Crippen LogP contribution >= 0.6 is 0 Å². The van der Waals surface area contributed by atoms with Gasteiger partial charge in [-0.2, -0.15) is 0 Å². The van der Waals surface area contributed by atoms with Crippen molar-refractivity contribution < 1.29 is 14.3 Å². The van der Waals surface area contributed by atoms with Crippen LogP contribution < -0.4 is 0 Å². The summed E-state index contributed by atoms with van der Waals surface area (Å²) in [7, 11) is 1.66. The molecule has 0 aliphatic rings. The number of urea groups is 1. The van der Waals surface area contributed by atoms with E-state index in [0.717, 1.165) is 5.56 Å². The van der Waals surface area contributed by atoms with Crippen LogP contribution in [0.3, 0.4) is 0 Å². The van der Waals surface area contributed by atoms with E-state index in [9.17, 15) is 9.59 Å². The standard InChI is InChI=1S/C18H28N2O3/c1-6-20(14(3)4)18(22)19(5)16(17(21)23-7-2)13-15-11-9-8-10-12-15/h8-12,14,16H,6-7,13H2,1-5H3. The topological polar surface area (TPSA) is 49.9 Å². The summed E-state index contributed by atoms with van der Waals surface area (Å²) in [6.45, 7) is 8.53. The van der Waals surface area contributed by atoms with Gasteiger partial charge in [0.15, 0.2) is 0 Å². The fourth-order valence-corrected chi connectivity index (χ4v) is 2.51. The number of ether oxygens (including phenoxy) is 1. The first-order valence-corrected chi connectivity index (χ1v) is 8.16. The Morgan fingerprint density at radius 1 is 1.13 bits per heavy atom. The smallest absolute Gasteiger partial charge is 0.329 e. The summed E-state index contributed by atoms with van der Waals surface area (Å²) in [5, 5.41) is 0. The maximum Gasteiger partial charge on any atom is 0.329 e.